The summed E-state index contributed by atoms with van der Waals surface area (Å²) in [5, 5.41) is 0. The maximum Gasteiger partial charge on any atom is 0.313 e. The number of carbonyl (C=O) groups excluding carboxylic acids is 3. The van der Waals surface area contributed by atoms with Crippen molar-refractivity contribution in [2.24, 2.45) is 17.8 Å². The molecule has 0 N–H and O–H groups in total. The van der Waals surface area contributed by atoms with E-state index in [1.165, 1.54) is 0 Å². The van der Waals surface area contributed by atoms with Gasteiger partial charge in [-0.2, -0.15) is 0 Å². The Balaban J connectivity index is 1.92. The van der Waals surface area contributed by atoms with Crippen molar-refractivity contribution in [2.75, 3.05) is 6.61 Å². The van der Waals surface area contributed by atoms with Gasteiger partial charge in [0, 0.05) is 11.3 Å². The summed E-state index contributed by atoms with van der Waals surface area (Å²) in [5.74, 6) is -4.68. The van der Waals surface area contributed by atoms with Crippen LogP contribution in [0.4, 0.5) is 8.78 Å². The minimum absolute atomic E-state index is 0.147. The first-order valence-corrected chi connectivity index (χ1v) is 9.85. The quantitative estimate of drug-likeness (QED) is 0.530. The summed E-state index contributed by atoms with van der Waals surface area (Å²) >= 11 is 0. The van der Waals surface area contributed by atoms with Crippen LogP contribution in [0, 0.1) is 29.4 Å². The minimum Gasteiger partial charge on any atom is -0.466 e. The second kappa shape index (κ2) is 7.50. The van der Waals surface area contributed by atoms with E-state index in [0.717, 1.165) is 18.2 Å². The number of halogens is 2. The van der Waals surface area contributed by atoms with Crippen LogP contribution in [-0.2, 0) is 29.3 Å². The third kappa shape index (κ3) is 4.19. The molecule has 0 saturated heterocycles. The second-order valence-electron chi connectivity index (χ2n) is 8.91. The Morgan fingerprint density at radius 3 is 2.48 bits per heavy atom. The lowest BCUT2D eigenvalue weighted by molar-refractivity contribution is -0.164. The van der Waals surface area contributed by atoms with Gasteiger partial charge in [-0.05, 0) is 70.2 Å². The molecule has 1 aromatic carbocycles. The molecule has 0 aromatic heterocycles. The van der Waals surface area contributed by atoms with E-state index in [9.17, 15) is 23.2 Å². The maximum absolute atomic E-state index is 14.5. The molecule has 5 nitrogen and oxygen atoms in total. The van der Waals surface area contributed by atoms with Crippen LogP contribution < -0.4 is 0 Å². The summed E-state index contributed by atoms with van der Waals surface area (Å²) in [5.41, 5.74) is -1.36. The SMILES string of the molecule is CCOC(=O)CC(=O)C1C(C(=O)OC(C)(C)C)C[C@@]2(c3cc(F)ccc3F)C[C@@H]12. The lowest BCUT2D eigenvalue weighted by Gasteiger charge is -2.26. The number of rotatable bonds is 6. The molecule has 1 aromatic rings. The van der Waals surface area contributed by atoms with E-state index in [1.54, 1.807) is 27.7 Å². The third-order valence-corrected chi connectivity index (χ3v) is 5.75. The van der Waals surface area contributed by atoms with Crippen LogP contribution in [0.15, 0.2) is 18.2 Å². The number of carbonyl (C=O) groups is 3. The second-order valence-corrected chi connectivity index (χ2v) is 8.91. The summed E-state index contributed by atoms with van der Waals surface area (Å²) in [7, 11) is 0. The van der Waals surface area contributed by atoms with Crippen molar-refractivity contribution in [3.63, 3.8) is 0 Å². The van der Waals surface area contributed by atoms with Crippen LogP contribution in [0.25, 0.3) is 0 Å². The number of fused-ring (bicyclic) bond motifs is 1. The van der Waals surface area contributed by atoms with Crippen LogP contribution in [0.1, 0.15) is 52.5 Å². The summed E-state index contributed by atoms with van der Waals surface area (Å²) in [6, 6.07) is 3.24. The molecule has 4 atom stereocenters. The van der Waals surface area contributed by atoms with Gasteiger partial charge >= 0.3 is 11.9 Å². The summed E-state index contributed by atoms with van der Waals surface area (Å²) in [4.78, 5) is 37.5. The number of ether oxygens (including phenoxy) is 2. The molecule has 2 aliphatic carbocycles. The molecule has 2 saturated carbocycles. The average molecular weight is 408 g/mol. The molecule has 29 heavy (non-hydrogen) atoms. The van der Waals surface area contributed by atoms with Crippen LogP contribution in [-0.4, -0.2) is 29.9 Å². The first-order chi connectivity index (χ1) is 13.5. The lowest BCUT2D eigenvalue weighted by atomic mass is 9.85. The van der Waals surface area contributed by atoms with Crippen molar-refractivity contribution in [1.82, 2.24) is 0 Å². The van der Waals surface area contributed by atoms with Crippen LogP contribution >= 0.6 is 0 Å². The zero-order chi connectivity index (χ0) is 21.6. The van der Waals surface area contributed by atoms with E-state index in [0.29, 0.717) is 6.42 Å². The highest BCUT2D eigenvalue weighted by molar-refractivity contribution is 5.99. The van der Waals surface area contributed by atoms with Gasteiger partial charge in [0.25, 0.3) is 0 Å². The first-order valence-electron chi connectivity index (χ1n) is 9.85. The van der Waals surface area contributed by atoms with E-state index >= 15 is 0 Å². The topological polar surface area (TPSA) is 69.7 Å². The number of hydrogen-bond acceptors (Lipinski definition) is 5. The van der Waals surface area contributed by atoms with Gasteiger partial charge in [-0.25, -0.2) is 8.78 Å². The van der Waals surface area contributed by atoms with E-state index in [-0.39, 0.29) is 24.5 Å². The highest BCUT2D eigenvalue weighted by Gasteiger charge is 2.70. The van der Waals surface area contributed by atoms with Gasteiger partial charge < -0.3 is 9.47 Å². The molecule has 7 heteroatoms. The van der Waals surface area contributed by atoms with Crippen LogP contribution in [0.3, 0.4) is 0 Å². The van der Waals surface area contributed by atoms with Gasteiger partial charge in [0.1, 0.15) is 29.4 Å². The molecule has 158 valence electrons. The standard InChI is InChI=1S/C22H26F2O5/c1-5-28-18(26)9-17(25)19-13(20(27)29-21(2,3)4)10-22(11-15(19)22)14-8-12(23)6-7-16(14)24/h6-8,13,15,19H,5,9-11H2,1-4H3/t13?,15-,19?,22-/m0/s1. The lowest BCUT2D eigenvalue weighted by Crippen LogP contribution is -2.35. The number of esters is 2. The van der Waals surface area contributed by atoms with Crippen LogP contribution in [0.5, 0.6) is 0 Å². The Morgan fingerprint density at radius 1 is 1.17 bits per heavy atom. The normalized spacial score (nSPS) is 27.9. The summed E-state index contributed by atoms with van der Waals surface area (Å²) < 4.78 is 38.6. The molecule has 3 rings (SSSR count). The fourth-order valence-electron chi connectivity index (χ4n) is 4.67. The molecule has 0 bridgehead atoms. The fraction of sp³-hybridized carbons (Fsp3) is 0.591. The van der Waals surface area contributed by atoms with Gasteiger partial charge in [0.05, 0.1) is 12.5 Å². The van der Waals surface area contributed by atoms with E-state index in [4.69, 9.17) is 9.47 Å². The zero-order valence-electron chi connectivity index (χ0n) is 17.1. The maximum atomic E-state index is 14.5. The first kappa shape index (κ1) is 21.4. The van der Waals surface area contributed by atoms with Crippen molar-refractivity contribution in [3.8, 4) is 0 Å². The fourth-order valence-corrected chi connectivity index (χ4v) is 4.67. The van der Waals surface area contributed by atoms with Gasteiger partial charge in [-0.3, -0.25) is 14.4 Å². The molecule has 2 aliphatic rings. The number of hydrogen-bond donors (Lipinski definition) is 0. The average Bonchev–Trinajstić information content (AvgIpc) is 3.20. The zero-order valence-corrected chi connectivity index (χ0v) is 17.1. The Labute approximate surface area is 168 Å². The predicted molar refractivity (Wildman–Crippen MR) is 99.8 cm³/mol. The van der Waals surface area contributed by atoms with Gasteiger partial charge in [-0.15, -0.1) is 0 Å². The minimum atomic E-state index is -0.808. The molecule has 0 heterocycles. The molecule has 2 fully saturated rings. The Hall–Kier alpha value is -2.31. The van der Waals surface area contributed by atoms with Crippen molar-refractivity contribution in [1.29, 1.82) is 0 Å². The molecular formula is C22H26F2O5. The van der Waals surface area contributed by atoms with Gasteiger partial charge in [0.2, 0.25) is 0 Å². The largest absolute Gasteiger partial charge is 0.466 e. The van der Waals surface area contributed by atoms with E-state index in [1.807, 2.05) is 0 Å². The van der Waals surface area contributed by atoms with Crippen molar-refractivity contribution >= 4 is 17.7 Å². The van der Waals surface area contributed by atoms with Gasteiger partial charge in [0.15, 0.2) is 0 Å². The van der Waals surface area contributed by atoms with Crippen molar-refractivity contribution in [2.45, 2.75) is 58.0 Å². The molecular weight excluding hydrogens is 382 g/mol. The Morgan fingerprint density at radius 2 is 1.86 bits per heavy atom. The number of benzene rings is 1. The van der Waals surface area contributed by atoms with Crippen LogP contribution in [0.2, 0.25) is 0 Å². The predicted octanol–water partition coefficient (Wildman–Crippen LogP) is 3.72. The molecule has 2 unspecified atom stereocenters. The summed E-state index contributed by atoms with van der Waals surface area (Å²) in [6.45, 7) is 6.95. The van der Waals surface area contributed by atoms with Crippen molar-refractivity contribution in [3.05, 3.63) is 35.4 Å². The number of Topliss-reactive ketones (excluding diaryl/α,β-unsaturated/α-hetero) is 1. The molecule has 0 amide bonds. The smallest absolute Gasteiger partial charge is 0.313 e. The Bertz CT molecular complexity index is 844. The highest BCUT2D eigenvalue weighted by atomic mass is 19.1. The summed E-state index contributed by atoms with van der Waals surface area (Å²) in [6.07, 6.45) is 0.202. The highest BCUT2D eigenvalue weighted by Crippen LogP contribution is 2.69. The van der Waals surface area contributed by atoms with E-state index in [2.05, 4.69) is 0 Å². The Kier molecular flexibility index (Phi) is 5.54. The van der Waals surface area contributed by atoms with Crippen molar-refractivity contribution < 1.29 is 32.6 Å². The third-order valence-electron chi connectivity index (χ3n) is 5.75. The number of ketones is 1. The monoisotopic (exact) mass is 408 g/mol. The molecule has 0 aliphatic heterocycles. The van der Waals surface area contributed by atoms with Gasteiger partial charge in [-0.1, -0.05) is 0 Å². The molecule has 0 radical (unpaired) electrons. The van der Waals surface area contributed by atoms with E-state index < -0.39 is 58.6 Å². The molecule has 0 spiro atoms.